The van der Waals surface area contributed by atoms with E-state index in [9.17, 15) is 4.79 Å². The zero-order chi connectivity index (χ0) is 16.8. The van der Waals surface area contributed by atoms with Crippen LogP contribution < -0.4 is 14.8 Å². The van der Waals surface area contributed by atoms with Gasteiger partial charge in [0.25, 0.3) is 0 Å². The van der Waals surface area contributed by atoms with Gasteiger partial charge in [-0.1, -0.05) is 34.1 Å². The predicted molar refractivity (Wildman–Crippen MR) is 96.3 cm³/mol. The lowest BCUT2D eigenvalue weighted by Gasteiger charge is -2.26. The van der Waals surface area contributed by atoms with Gasteiger partial charge in [0.15, 0.2) is 0 Å². The minimum atomic E-state index is 0.0369. The van der Waals surface area contributed by atoms with Gasteiger partial charge in [0, 0.05) is 22.9 Å². The average molecular weight is 390 g/mol. The number of para-hydroxylation sites is 1. The van der Waals surface area contributed by atoms with Crippen molar-refractivity contribution in [1.82, 2.24) is 5.32 Å². The minimum absolute atomic E-state index is 0.0369. The topological polar surface area (TPSA) is 47.6 Å². The Morgan fingerprint density at radius 3 is 2.83 bits per heavy atom. The Kier molecular flexibility index (Phi) is 5.75. The van der Waals surface area contributed by atoms with Crippen molar-refractivity contribution in [3.63, 3.8) is 0 Å². The van der Waals surface area contributed by atoms with E-state index in [1.54, 1.807) is 0 Å². The summed E-state index contributed by atoms with van der Waals surface area (Å²) in [4.78, 5) is 12.2. The molecule has 0 spiro atoms. The second kappa shape index (κ2) is 8.20. The third-order valence-corrected chi connectivity index (χ3v) is 4.45. The maximum Gasteiger partial charge on any atom is 0.220 e. The Labute approximate surface area is 150 Å². The molecule has 0 fully saturated rings. The maximum absolute atomic E-state index is 12.2. The third kappa shape index (κ3) is 4.51. The van der Waals surface area contributed by atoms with Crippen LogP contribution in [0.5, 0.6) is 11.5 Å². The number of fused-ring (bicyclic) bond motifs is 1. The van der Waals surface area contributed by atoms with Gasteiger partial charge in [-0.3, -0.25) is 4.79 Å². The Balaban J connectivity index is 1.42. The SMILES string of the molecule is O=C(CCCOc1ccc(Br)cc1)N[C@H]1CCOc2ccccc21. The highest BCUT2D eigenvalue weighted by molar-refractivity contribution is 9.10. The van der Waals surface area contributed by atoms with E-state index in [1.165, 1.54) is 0 Å². The third-order valence-electron chi connectivity index (χ3n) is 3.92. The molecule has 0 unspecified atom stereocenters. The molecule has 1 heterocycles. The van der Waals surface area contributed by atoms with Crippen LogP contribution in [0.3, 0.4) is 0 Å². The number of ether oxygens (including phenoxy) is 2. The van der Waals surface area contributed by atoms with Crippen LogP contribution in [0.2, 0.25) is 0 Å². The molecule has 126 valence electrons. The van der Waals surface area contributed by atoms with Crippen molar-refractivity contribution in [2.75, 3.05) is 13.2 Å². The van der Waals surface area contributed by atoms with Crippen molar-refractivity contribution in [2.45, 2.75) is 25.3 Å². The average Bonchev–Trinajstić information content (AvgIpc) is 2.61. The summed E-state index contributed by atoms with van der Waals surface area (Å²) in [5.74, 6) is 1.74. The van der Waals surface area contributed by atoms with Crippen molar-refractivity contribution in [2.24, 2.45) is 0 Å². The molecular formula is C19H20BrNO3. The number of rotatable bonds is 6. The van der Waals surface area contributed by atoms with Crippen molar-refractivity contribution in [3.05, 3.63) is 58.6 Å². The van der Waals surface area contributed by atoms with Crippen LogP contribution in [0.4, 0.5) is 0 Å². The molecule has 0 aliphatic carbocycles. The zero-order valence-electron chi connectivity index (χ0n) is 13.3. The second-order valence-corrected chi connectivity index (χ2v) is 6.62. The number of benzene rings is 2. The van der Waals surface area contributed by atoms with E-state index in [4.69, 9.17) is 9.47 Å². The van der Waals surface area contributed by atoms with Gasteiger partial charge in [-0.25, -0.2) is 0 Å². The number of nitrogens with one attached hydrogen (secondary N) is 1. The van der Waals surface area contributed by atoms with E-state index >= 15 is 0 Å². The van der Waals surface area contributed by atoms with E-state index in [0.717, 1.165) is 28.0 Å². The highest BCUT2D eigenvalue weighted by Gasteiger charge is 2.22. The van der Waals surface area contributed by atoms with Gasteiger partial charge in [-0.2, -0.15) is 0 Å². The summed E-state index contributed by atoms with van der Waals surface area (Å²) in [6.07, 6.45) is 1.95. The molecule has 24 heavy (non-hydrogen) atoms. The molecule has 2 aromatic carbocycles. The van der Waals surface area contributed by atoms with Crippen LogP contribution in [0, 0.1) is 0 Å². The summed E-state index contributed by atoms with van der Waals surface area (Å²) in [6.45, 7) is 1.16. The summed E-state index contributed by atoms with van der Waals surface area (Å²) in [6, 6.07) is 15.6. The molecule has 1 amide bonds. The monoisotopic (exact) mass is 389 g/mol. The molecule has 0 aromatic heterocycles. The highest BCUT2D eigenvalue weighted by atomic mass is 79.9. The van der Waals surface area contributed by atoms with Crippen LogP contribution in [-0.2, 0) is 4.79 Å². The van der Waals surface area contributed by atoms with E-state index < -0.39 is 0 Å². The van der Waals surface area contributed by atoms with Crippen LogP contribution in [0.1, 0.15) is 30.9 Å². The second-order valence-electron chi connectivity index (χ2n) is 5.70. The van der Waals surface area contributed by atoms with Crippen LogP contribution in [-0.4, -0.2) is 19.1 Å². The summed E-state index contributed by atoms with van der Waals surface area (Å²) >= 11 is 3.39. The Morgan fingerprint density at radius 2 is 2.00 bits per heavy atom. The predicted octanol–water partition coefficient (Wildman–Crippen LogP) is 4.25. The number of carbonyl (C=O) groups excluding carboxylic acids is 1. The molecule has 0 saturated heterocycles. The number of hydrogen-bond donors (Lipinski definition) is 1. The quantitative estimate of drug-likeness (QED) is 0.751. The van der Waals surface area contributed by atoms with Crippen LogP contribution in [0.15, 0.2) is 53.0 Å². The Bertz CT molecular complexity index is 687. The molecule has 2 aromatic rings. The largest absolute Gasteiger partial charge is 0.494 e. The maximum atomic E-state index is 12.2. The Morgan fingerprint density at radius 1 is 1.21 bits per heavy atom. The molecule has 1 aliphatic heterocycles. The van der Waals surface area contributed by atoms with E-state index in [-0.39, 0.29) is 11.9 Å². The molecule has 0 bridgehead atoms. The van der Waals surface area contributed by atoms with E-state index in [1.807, 2.05) is 48.5 Å². The summed E-state index contributed by atoms with van der Waals surface area (Å²) < 4.78 is 12.3. The normalized spacial score (nSPS) is 16.0. The van der Waals surface area contributed by atoms with Crippen molar-refractivity contribution in [3.8, 4) is 11.5 Å². The standard InChI is InChI=1S/C19H20BrNO3/c20-14-7-9-15(10-8-14)23-12-3-6-19(22)21-17-11-13-24-18-5-2-1-4-16(17)18/h1-2,4-5,7-10,17H,3,6,11-13H2,(H,21,22)/t17-/m0/s1. The lowest BCUT2D eigenvalue weighted by molar-refractivity contribution is -0.122. The molecule has 1 atom stereocenters. The summed E-state index contributed by atoms with van der Waals surface area (Å²) in [5.41, 5.74) is 1.06. The number of amides is 1. The van der Waals surface area contributed by atoms with Crippen molar-refractivity contribution >= 4 is 21.8 Å². The van der Waals surface area contributed by atoms with Gasteiger partial charge < -0.3 is 14.8 Å². The minimum Gasteiger partial charge on any atom is -0.494 e. The first-order chi connectivity index (χ1) is 11.7. The van der Waals surface area contributed by atoms with Crippen LogP contribution in [0.25, 0.3) is 0 Å². The highest BCUT2D eigenvalue weighted by Crippen LogP contribution is 2.31. The van der Waals surface area contributed by atoms with Crippen LogP contribution >= 0.6 is 15.9 Å². The number of hydrogen-bond acceptors (Lipinski definition) is 3. The van der Waals surface area contributed by atoms with Crippen molar-refractivity contribution in [1.29, 1.82) is 0 Å². The molecule has 0 radical (unpaired) electrons. The lowest BCUT2D eigenvalue weighted by Crippen LogP contribution is -2.32. The zero-order valence-corrected chi connectivity index (χ0v) is 14.9. The summed E-state index contributed by atoms with van der Waals surface area (Å²) in [5, 5.41) is 3.10. The molecule has 5 heteroatoms. The van der Waals surface area contributed by atoms with Gasteiger partial charge >= 0.3 is 0 Å². The molecule has 4 nitrogen and oxygen atoms in total. The fourth-order valence-electron chi connectivity index (χ4n) is 2.71. The van der Waals surface area contributed by atoms with E-state index in [0.29, 0.717) is 26.1 Å². The fourth-order valence-corrected chi connectivity index (χ4v) is 2.98. The van der Waals surface area contributed by atoms with Gasteiger partial charge in [0.05, 0.1) is 19.3 Å². The van der Waals surface area contributed by atoms with Gasteiger partial charge in [0.1, 0.15) is 11.5 Å². The Hall–Kier alpha value is -2.01. The molecule has 3 rings (SSSR count). The molecular weight excluding hydrogens is 370 g/mol. The number of carbonyl (C=O) groups is 1. The van der Waals surface area contributed by atoms with E-state index in [2.05, 4.69) is 21.2 Å². The molecule has 1 N–H and O–H groups in total. The number of halogens is 1. The smallest absolute Gasteiger partial charge is 0.220 e. The van der Waals surface area contributed by atoms with Gasteiger partial charge in [-0.15, -0.1) is 0 Å². The fraction of sp³-hybridized carbons (Fsp3) is 0.316. The molecule has 0 saturated carbocycles. The van der Waals surface area contributed by atoms with Crippen molar-refractivity contribution < 1.29 is 14.3 Å². The van der Waals surface area contributed by atoms with Gasteiger partial charge in [-0.05, 0) is 36.8 Å². The first-order valence-corrected chi connectivity index (χ1v) is 8.91. The molecule has 1 aliphatic rings. The first-order valence-electron chi connectivity index (χ1n) is 8.12. The first kappa shape index (κ1) is 16.8. The summed E-state index contributed by atoms with van der Waals surface area (Å²) in [7, 11) is 0. The lowest BCUT2D eigenvalue weighted by atomic mass is 10.0. The van der Waals surface area contributed by atoms with Gasteiger partial charge in [0.2, 0.25) is 5.91 Å².